The number of fused-ring (bicyclic) bond motifs is 2. The normalized spacial score (nSPS) is 15.4. The molecule has 3 aromatic heterocycles. The summed E-state index contributed by atoms with van der Waals surface area (Å²) < 4.78 is 37.4. The first-order chi connectivity index (χ1) is 18.6. The third-order valence-electron chi connectivity index (χ3n) is 6.79. The van der Waals surface area contributed by atoms with Gasteiger partial charge in [0.1, 0.15) is 28.5 Å². The Kier molecular flexibility index (Phi) is 5.96. The molecule has 9 nitrogen and oxygen atoms in total. The van der Waals surface area contributed by atoms with E-state index in [4.69, 9.17) is 4.74 Å². The monoisotopic (exact) mass is 533 g/mol. The Bertz CT molecular complexity index is 1610. The third kappa shape index (κ3) is 5.00. The largest absolute Gasteiger partial charge is 0.444 e. The van der Waals surface area contributed by atoms with Crippen LogP contribution in [0, 0.1) is 18.6 Å². The van der Waals surface area contributed by atoms with Gasteiger partial charge in [0.05, 0.1) is 18.3 Å². The summed E-state index contributed by atoms with van der Waals surface area (Å²) in [7, 11) is 0. The summed E-state index contributed by atoms with van der Waals surface area (Å²) in [6, 6.07) is 6.93. The van der Waals surface area contributed by atoms with Crippen LogP contribution in [0.3, 0.4) is 0 Å². The number of halogens is 2. The van der Waals surface area contributed by atoms with Gasteiger partial charge in [0.25, 0.3) is 0 Å². The number of anilines is 2. The minimum atomic E-state index is -0.658. The van der Waals surface area contributed by atoms with Crippen LogP contribution in [0.1, 0.15) is 56.7 Å². The van der Waals surface area contributed by atoms with Crippen LogP contribution >= 0.6 is 0 Å². The SMILES string of the molecule is Cc1nc2c(F)cc(-c3nc(Nc4ccc5c(n4)CCN(C(=O)OC(C)(C)C)C5)ncc3F)cc2n1C1CC1. The highest BCUT2D eigenvalue weighted by Crippen LogP contribution is 2.40. The van der Waals surface area contributed by atoms with Gasteiger partial charge in [-0.2, -0.15) is 0 Å². The summed E-state index contributed by atoms with van der Waals surface area (Å²) in [6.07, 6.45) is 3.30. The third-order valence-corrected chi connectivity index (χ3v) is 6.79. The summed E-state index contributed by atoms with van der Waals surface area (Å²) in [4.78, 5) is 31.6. The first-order valence-corrected chi connectivity index (χ1v) is 13.0. The predicted octanol–water partition coefficient (Wildman–Crippen LogP) is 5.85. The highest BCUT2D eigenvalue weighted by Gasteiger charge is 2.29. The second-order valence-corrected chi connectivity index (χ2v) is 11.1. The fourth-order valence-electron chi connectivity index (χ4n) is 4.91. The molecule has 0 atom stereocenters. The molecule has 0 unspecified atom stereocenters. The number of carbonyl (C=O) groups is 1. The number of hydrogen-bond acceptors (Lipinski definition) is 7. The molecule has 1 amide bonds. The smallest absolute Gasteiger partial charge is 0.410 e. The molecule has 202 valence electrons. The first kappa shape index (κ1) is 25.1. The number of aryl methyl sites for hydroxylation is 1. The van der Waals surface area contributed by atoms with Crippen molar-refractivity contribution in [2.75, 3.05) is 11.9 Å². The summed E-state index contributed by atoms with van der Waals surface area (Å²) in [5.74, 6) is 0.184. The van der Waals surface area contributed by atoms with Crippen LogP contribution in [0.25, 0.3) is 22.3 Å². The van der Waals surface area contributed by atoms with E-state index in [0.717, 1.165) is 36.1 Å². The molecule has 4 heterocycles. The Morgan fingerprint density at radius 2 is 1.90 bits per heavy atom. The summed E-state index contributed by atoms with van der Waals surface area (Å²) in [5.41, 5.74) is 2.41. The average molecular weight is 534 g/mol. The lowest BCUT2D eigenvalue weighted by molar-refractivity contribution is 0.0223. The fraction of sp³-hybridized carbons (Fsp3) is 0.393. The number of aromatic nitrogens is 5. The molecule has 1 aliphatic heterocycles. The van der Waals surface area contributed by atoms with Crippen LogP contribution < -0.4 is 5.32 Å². The van der Waals surface area contributed by atoms with Crippen LogP contribution in [0.15, 0.2) is 30.5 Å². The van der Waals surface area contributed by atoms with E-state index < -0.39 is 17.2 Å². The molecule has 0 spiro atoms. The Balaban J connectivity index is 1.25. The second-order valence-electron chi connectivity index (χ2n) is 11.1. The first-order valence-electron chi connectivity index (χ1n) is 13.0. The van der Waals surface area contributed by atoms with Gasteiger partial charge in [0, 0.05) is 30.3 Å². The minimum absolute atomic E-state index is 0.0135. The molecule has 2 aliphatic rings. The van der Waals surface area contributed by atoms with E-state index in [-0.39, 0.29) is 23.3 Å². The number of rotatable bonds is 4. The minimum Gasteiger partial charge on any atom is -0.444 e. The van der Waals surface area contributed by atoms with Gasteiger partial charge in [-0.15, -0.1) is 0 Å². The average Bonchev–Trinajstić information content (AvgIpc) is 3.65. The van der Waals surface area contributed by atoms with Crippen molar-refractivity contribution in [3.05, 3.63) is 59.2 Å². The molecule has 1 fully saturated rings. The molecular weight excluding hydrogens is 504 g/mol. The molecule has 0 bridgehead atoms. The standard InChI is InChI=1S/C28H29F2N7O2/c1-15-32-25-19(29)11-17(12-22(25)37(15)18-6-7-18)24-20(30)13-31-26(35-24)34-23-8-5-16-14-36(10-9-21(16)33-23)27(38)39-28(2,3)4/h5,8,11-13,18H,6-7,9-10,14H2,1-4H3,(H,31,33,34,35). The van der Waals surface area contributed by atoms with E-state index in [2.05, 4.69) is 25.3 Å². The van der Waals surface area contributed by atoms with Crippen LogP contribution in [0.2, 0.25) is 0 Å². The van der Waals surface area contributed by atoms with Crippen molar-refractivity contribution in [1.29, 1.82) is 0 Å². The van der Waals surface area contributed by atoms with Crippen molar-refractivity contribution in [2.45, 2.75) is 65.1 Å². The van der Waals surface area contributed by atoms with Gasteiger partial charge in [0.2, 0.25) is 5.95 Å². The Hall–Kier alpha value is -4.15. The van der Waals surface area contributed by atoms with Crippen LogP contribution in [-0.2, 0) is 17.7 Å². The predicted molar refractivity (Wildman–Crippen MR) is 142 cm³/mol. The summed E-state index contributed by atoms with van der Waals surface area (Å²) in [5, 5.41) is 3.04. The lowest BCUT2D eigenvalue weighted by Crippen LogP contribution is -2.40. The Labute approximate surface area is 224 Å². The molecule has 4 aromatic rings. The number of hydrogen-bond donors (Lipinski definition) is 1. The van der Waals surface area contributed by atoms with E-state index in [0.29, 0.717) is 42.5 Å². The number of pyridine rings is 1. The van der Waals surface area contributed by atoms with Crippen molar-refractivity contribution in [2.24, 2.45) is 0 Å². The number of nitrogens with zero attached hydrogens (tertiary/aromatic N) is 6. The zero-order valence-electron chi connectivity index (χ0n) is 22.3. The molecule has 0 radical (unpaired) electrons. The van der Waals surface area contributed by atoms with E-state index in [1.54, 1.807) is 17.0 Å². The molecule has 1 aliphatic carbocycles. The van der Waals surface area contributed by atoms with Gasteiger partial charge < -0.3 is 19.5 Å². The molecule has 1 aromatic carbocycles. The number of carbonyl (C=O) groups excluding carboxylic acids is 1. The molecular formula is C28H29F2N7O2. The Morgan fingerprint density at radius 3 is 2.64 bits per heavy atom. The fourth-order valence-corrected chi connectivity index (χ4v) is 4.91. The topological polar surface area (TPSA) is 98.1 Å². The van der Waals surface area contributed by atoms with E-state index in [1.807, 2.05) is 38.3 Å². The van der Waals surface area contributed by atoms with E-state index in [9.17, 15) is 9.18 Å². The number of nitrogens with one attached hydrogen (secondary N) is 1. The molecule has 0 saturated heterocycles. The molecule has 1 saturated carbocycles. The van der Waals surface area contributed by atoms with Crippen LogP contribution in [0.5, 0.6) is 0 Å². The zero-order chi connectivity index (χ0) is 27.5. The van der Waals surface area contributed by atoms with Crippen molar-refractivity contribution in [1.82, 2.24) is 29.4 Å². The van der Waals surface area contributed by atoms with Gasteiger partial charge in [-0.05, 0) is 64.3 Å². The summed E-state index contributed by atoms with van der Waals surface area (Å²) >= 11 is 0. The molecule has 6 rings (SSSR count). The highest BCUT2D eigenvalue weighted by molar-refractivity contribution is 5.83. The summed E-state index contributed by atoms with van der Waals surface area (Å²) in [6.45, 7) is 8.25. The van der Waals surface area contributed by atoms with Crippen molar-refractivity contribution >= 4 is 28.9 Å². The van der Waals surface area contributed by atoms with Gasteiger partial charge in [-0.3, -0.25) is 0 Å². The number of benzene rings is 1. The van der Waals surface area contributed by atoms with Gasteiger partial charge in [0.15, 0.2) is 11.6 Å². The molecule has 11 heteroatoms. The zero-order valence-corrected chi connectivity index (χ0v) is 22.3. The van der Waals surface area contributed by atoms with Crippen LogP contribution in [0.4, 0.5) is 25.3 Å². The van der Waals surface area contributed by atoms with E-state index >= 15 is 4.39 Å². The van der Waals surface area contributed by atoms with Crippen molar-refractivity contribution in [3.8, 4) is 11.3 Å². The van der Waals surface area contributed by atoms with Crippen molar-refractivity contribution in [3.63, 3.8) is 0 Å². The van der Waals surface area contributed by atoms with Gasteiger partial charge >= 0.3 is 6.09 Å². The second kappa shape index (κ2) is 9.25. The highest BCUT2D eigenvalue weighted by atomic mass is 19.1. The lowest BCUT2D eigenvalue weighted by Gasteiger charge is -2.30. The Morgan fingerprint density at radius 1 is 1.10 bits per heavy atom. The van der Waals surface area contributed by atoms with Crippen molar-refractivity contribution < 1.29 is 18.3 Å². The quantitative estimate of drug-likeness (QED) is 0.352. The maximum atomic E-state index is 15.0. The molecule has 39 heavy (non-hydrogen) atoms. The molecule has 1 N–H and O–H groups in total. The number of amides is 1. The van der Waals surface area contributed by atoms with Gasteiger partial charge in [-0.25, -0.2) is 33.5 Å². The van der Waals surface area contributed by atoms with E-state index in [1.165, 1.54) is 6.07 Å². The lowest BCUT2D eigenvalue weighted by atomic mass is 10.1. The number of imidazole rings is 1. The maximum Gasteiger partial charge on any atom is 0.410 e. The number of ether oxygens (including phenoxy) is 1. The van der Waals surface area contributed by atoms with Gasteiger partial charge in [-0.1, -0.05) is 6.07 Å². The maximum absolute atomic E-state index is 15.0. The van der Waals surface area contributed by atoms with Crippen LogP contribution in [-0.4, -0.2) is 47.6 Å².